The van der Waals surface area contributed by atoms with Gasteiger partial charge in [-0.15, -0.1) is 0 Å². The molecule has 0 aliphatic rings. The third-order valence-corrected chi connectivity index (χ3v) is 4.83. The van der Waals surface area contributed by atoms with Gasteiger partial charge in [0.25, 0.3) is 10.0 Å². The third kappa shape index (κ3) is 4.90. The fraction of sp³-hybridized carbons (Fsp3) is 0.312. The molecule has 2 N–H and O–H groups in total. The molecular formula is C16H21N5O3S. The Morgan fingerprint density at radius 2 is 1.76 bits per heavy atom. The van der Waals surface area contributed by atoms with Crippen molar-refractivity contribution in [3.63, 3.8) is 0 Å². The molecule has 2 aromatic rings. The second-order valence-electron chi connectivity index (χ2n) is 5.25. The molecule has 25 heavy (non-hydrogen) atoms. The van der Waals surface area contributed by atoms with Crippen LogP contribution in [0.3, 0.4) is 0 Å². The highest BCUT2D eigenvalue weighted by Crippen LogP contribution is 2.17. The number of amides is 2. The van der Waals surface area contributed by atoms with Crippen molar-refractivity contribution in [2.24, 2.45) is 0 Å². The van der Waals surface area contributed by atoms with Gasteiger partial charge in [-0.3, -0.25) is 0 Å². The summed E-state index contributed by atoms with van der Waals surface area (Å²) in [5.74, 6) is 0.0129. The average Bonchev–Trinajstić information content (AvgIpc) is 2.56. The van der Waals surface area contributed by atoms with E-state index in [0.29, 0.717) is 24.5 Å². The maximum Gasteiger partial charge on any atom is 0.321 e. The first-order valence-electron chi connectivity index (χ1n) is 7.84. The Labute approximate surface area is 147 Å². The van der Waals surface area contributed by atoms with E-state index in [1.807, 2.05) is 13.8 Å². The van der Waals surface area contributed by atoms with Crippen LogP contribution in [0.1, 0.15) is 19.5 Å². The Hall–Kier alpha value is -2.68. The average molecular weight is 363 g/mol. The highest BCUT2D eigenvalue weighted by atomic mass is 32.2. The van der Waals surface area contributed by atoms with E-state index in [-0.39, 0.29) is 16.9 Å². The van der Waals surface area contributed by atoms with Gasteiger partial charge in [-0.05, 0) is 51.1 Å². The minimum absolute atomic E-state index is 0.0129. The van der Waals surface area contributed by atoms with Crippen LogP contribution in [-0.2, 0) is 10.0 Å². The van der Waals surface area contributed by atoms with E-state index in [0.717, 1.165) is 0 Å². The zero-order valence-electron chi connectivity index (χ0n) is 14.4. The highest BCUT2D eigenvalue weighted by Gasteiger charge is 2.16. The molecule has 9 heteroatoms. The molecule has 0 bridgehead atoms. The maximum absolute atomic E-state index is 12.4. The summed E-state index contributed by atoms with van der Waals surface area (Å²) in [6.45, 7) is 6.70. The number of nitrogens with one attached hydrogen (secondary N) is 2. The fourth-order valence-electron chi connectivity index (χ4n) is 2.11. The van der Waals surface area contributed by atoms with Crippen molar-refractivity contribution in [1.29, 1.82) is 0 Å². The number of rotatable bonds is 6. The SMILES string of the molecule is CCN(CC)C(=O)Nc1ccc(S(=O)(=O)Nc2nccc(C)n2)cc1. The van der Waals surface area contributed by atoms with Gasteiger partial charge in [0.1, 0.15) is 0 Å². The third-order valence-electron chi connectivity index (χ3n) is 3.49. The van der Waals surface area contributed by atoms with E-state index in [1.165, 1.54) is 30.5 Å². The van der Waals surface area contributed by atoms with E-state index in [9.17, 15) is 13.2 Å². The number of sulfonamides is 1. The fourth-order valence-corrected chi connectivity index (χ4v) is 3.06. The summed E-state index contributed by atoms with van der Waals surface area (Å²) >= 11 is 0. The quantitative estimate of drug-likeness (QED) is 0.820. The van der Waals surface area contributed by atoms with Gasteiger partial charge in [0, 0.05) is 30.7 Å². The van der Waals surface area contributed by atoms with Crippen molar-refractivity contribution < 1.29 is 13.2 Å². The highest BCUT2D eigenvalue weighted by molar-refractivity contribution is 7.92. The molecule has 0 aliphatic heterocycles. The molecule has 8 nitrogen and oxygen atoms in total. The number of hydrogen-bond donors (Lipinski definition) is 2. The molecule has 0 saturated carbocycles. The van der Waals surface area contributed by atoms with E-state index in [2.05, 4.69) is 20.0 Å². The van der Waals surface area contributed by atoms with Crippen LogP contribution in [0.2, 0.25) is 0 Å². The molecule has 134 valence electrons. The zero-order valence-corrected chi connectivity index (χ0v) is 15.2. The van der Waals surface area contributed by atoms with Crippen molar-refractivity contribution >= 4 is 27.7 Å². The summed E-state index contributed by atoms with van der Waals surface area (Å²) in [5, 5.41) is 2.73. The van der Waals surface area contributed by atoms with Crippen molar-refractivity contribution in [2.75, 3.05) is 23.1 Å². The van der Waals surface area contributed by atoms with Crippen LogP contribution in [0.5, 0.6) is 0 Å². The second kappa shape index (κ2) is 7.93. The minimum Gasteiger partial charge on any atom is -0.325 e. The Morgan fingerprint density at radius 1 is 1.12 bits per heavy atom. The molecule has 2 rings (SSSR count). The topological polar surface area (TPSA) is 104 Å². The van der Waals surface area contributed by atoms with E-state index in [4.69, 9.17) is 0 Å². The van der Waals surface area contributed by atoms with Crippen LogP contribution >= 0.6 is 0 Å². The minimum atomic E-state index is -3.80. The van der Waals surface area contributed by atoms with Gasteiger partial charge in [-0.2, -0.15) is 0 Å². The first-order valence-corrected chi connectivity index (χ1v) is 9.32. The van der Waals surface area contributed by atoms with Crippen LogP contribution in [0, 0.1) is 6.92 Å². The predicted molar refractivity (Wildman–Crippen MR) is 96.0 cm³/mol. The Bertz CT molecular complexity index is 833. The molecule has 0 aliphatic carbocycles. The summed E-state index contributed by atoms with van der Waals surface area (Å²) in [6, 6.07) is 7.34. The first-order chi connectivity index (χ1) is 11.9. The van der Waals surface area contributed by atoms with Crippen LogP contribution < -0.4 is 10.0 Å². The van der Waals surface area contributed by atoms with Crippen LogP contribution in [-0.4, -0.2) is 42.4 Å². The normalized spacial score (nSPS) is 11.0. The summed E-state index contributed by atoms with van der Waals surface area (Å²) in [7, 11) is -3.80. The summed E-state index contributed by atoms with van der Waals surface area (Å²) in [5.41, 5.74) is 1.17. The summed E-state index contributed by atoms with van der Waals surface area (Å²) in [6.07, 6.45) is 1.48. The Morgan fingerprint density at radius 3 is 2.32 bits per heavy atom. The van der Waals surface area contributed by atoms with Crippen molar-refractivity contribution in [2.45, 2.75) is 25.7 Å². The smallest absolute Gasteiger partial charge is 0.321 e. The summed E-state index contributed by atoms with van der Waals surface area (Å²) < 4.78 is 27.0. The molecular weight excluding hydrogens is 342 g/mol. The second-order valence-corrected chi connectivity index (χ2v) is 6.94. The molecule has 0 atom stereocenters. The standard InChI is InChI=1S/C16H21N5O3S/c1-4-21(5-2)16(22)19-13-6-8-14(9-7-13)25(23,24)20-15-17-11-10-12(3)18-15/h6-11H,4-5H2,1-3H3,(H,19,22)(H,17,18,20). The van der Waals surface area contributed by atoms with E-state index < -0.39 is 10.0 Å². The van der Waals surface area contributed by atoms with Crippen LogP contribution in [0.15, 0.2) is 41.4 Å². The number of hydrogen-bond acceptors (Lipinski definition) is 5. The van der Waals surface area contributed by atoms with Crippen LogP contribution in [0.25, 0.3) is 0 Å². The number of aromatic nitrogens is 2. The molecule has 0 radical (unpaired) electrons. The maximum atomic E-state index is 12.4. The van der Waals surface area contributed by atoms with Gasteiger partial charge in [-0.25, -0.2) is 27.9 Å². The Kier molecular flexibility index (Phi) is 5.92. The lowest BCUT2D eigenvalue weighted by molar-refractivity contribution is 0.217. The zero-order chi connectivity index (χ0) is 18.4. The molecule has 1 aromatic carbocycles. The number of benzene rings is 1. The van der Waals surface area contributed by atoms with Gasteiger partial charge in [-0.1, -0.05) is 0 Å². The van der Waals surface area contributed by atoms with Crippen molar-refractivity contribution in [1.82, 2.24) is 14.9 Å². The molecule has 1 heterocycles. The molecule has 1 aromatic heterocycles. The molecule has 0 fully saturated rings. The molecule has 2 amide bonds. The van der Waals surface area contributed by atoms with Gasteiger partial charge >= 0.3 is 6.03 Å². The van der Waals surface area contributed by atoms with Crippen molar-refractivity contribution in [3.05, 3.63) is 42.2 Å². The molecule has 0 unspecified atom stereocenters. The summed E-state index contributed by atoms with van der Waals surface area (Å²) in [4.78, 5) is 21.6. The first kappa shape index (κ1) is 18.7. The lowest BCUT2D eigenvalue weighted by Gasteiger charge is -2.19. The largest absolute Gasteiger partial charge is 0.325 e. The van der Waals surface area contributed by atoms with E-state index >= 15 is 0 Å². The van der Waals surface area contributed by atoms with Crippen molar-refractivity contribution in [3.8, 4) is 0 Å². The van der Waals surface area contributed by atoms with E-state index in [1.54, 1.807) is 17.9 Å². The number of carbonyl (C=O) groups is 1. The van der Waals surface area contributed by atoms with Gasteiger partial charge in [0.2, 0.25) is 5.95 Å². The Balaban J connectivity index is 2.11. The number of nitrogens with zero attached hydrogens (tertiary/aromatic N) is 3. The van der Waals surface area contributed by atoms with Gasteiger partial charge in [0.15, 0.2) is 0 Å². The number of carbonyl (C=O) groups excluding carboxylic acids is 1. The number of aryl methyl sites for hydroxylation is 1. The monoisotopic (exact) mass is 363 g/mol. The predicted octanol–water partition coefficient (Wildman–Crippen LogP) is 2.46. The number of urea groups is 1. The molecule has 0 spiro atoms. The lowest BCUT2D eigenvalue weighted by Crippen LogP contribution is -2.34. The lowest BCUT2D eigenvalue weighted by atomic mass is 10.3. The van der Waals surface area contributed by atoms with Crippen LogP contribution in [0.4, 0.5) is 16.4 Å². The molecule has 0 saturated heterocycles. The van der Waals surface area contributed by atoms with Gasteiger partial charge < -0.3 is 10.2 Å². The van der Waals surface area contributed by atoms with Gasteiger partial charge in [0.05, 0.1) is 4.90 Å². The number of anilines is 2.